The Morgan fingerprint density at radius 1 is 0.500 bits per heavy atom. The van der Waals surface area contributed by atoms with Crippen molar-refractivity contribution in [2.75, 3.05) is 52.6 Å². The van der Waals surface area contributed by atoms with Gasteiger partial charge in [0.15, 0.2) is 0 Å². The van der Waals surface area contributed by atoms with Gasteiger partial charge < -0.3 is 29.6 Å². The fraction of sp³-hybridized carbons (Fsp3) is 1.00. The van der Waals surface area contributed by atoms with Crippen LogP contribution < -0.4 is 10.6 Å². The molecule has 0 spiro atoms. The molecule has 0 amide bonds. The van der Waals surface area contributed by atoms with Gasteiger partial charge in [-0.05, 0) is 0 Å². The molecule has 4 saturated heterocycles. The van der Waals surface area contributed by atoms with E-state index in [0.717, 1.165) is 52.6 Å². The van der Waals surface area contributed by atoms with E-state index in [2.05, 4.69) is 10.6 Å². The van der Waals surface area contributed by atoms with Crippen molar-refractivity contribution in [3.05, 3.63) is 0 Å². The summed E-state index contributed by atoms with van der Waals surface area (Å²) in [7, 11) is 0. The van der Waals surface area contributed by atoms with Crippen LogP contribution >= 0.6 is 24.8 Å². The van der Waals surface area contributed by atoms with Gasteiger partial charge in [-0.1, -0.05) is 0 Å². The Morgan fingerprint density at radius 2 is 0.750 bits per heavy atom. The first-order chi connectivity index (χ1) is 8.93. The predicted molar refractivity (Wildman–Crippen MR) is 79.2 cm³/mol. The van der Waals surface area contributed by atoms with Crippen LogP contribution in [0.2, 0.25) is 0 Å². The van der Waals surface area contributed by atoms with Gasteiger partial charge in [0.05, 0.1) is 50.8 Å². The Hall–Kier alpha value is 0.340. The lowest BCUT2D eigenvalue weighted by Gasteiger charge is -2.24. The number of halogens is 2. The van der Waals surface area contributed by atoms with E-state index in [1.165, 1.54) is 0 Å². The Balaban J connectivity index is 0.000000182. The molecule has 4 heterocycles. The summed E-state index contributed by atoms with van der Waals surface area (Å²) < 4.78 is 21.7. The summed E-state index contributed by atoms with van der Waals surface area (Å²) in [5.74, 6) is 0. The number of ether oxygens (including phenoxy) is 4. The maximum Gasteiger partial charge on any atom is 0.0974 e. The molecule has 4 fully saturated rings. The normalized spacial score (nSPS) is 38.4. The standard InChI is InChI=1S/2C6H11NO2.2ClH/c2*1-2-9-6-4-7-3-5(6)8-1;;/h2*5-7H,1-4H2;2*1H/t2*5-,6+;;. The monoisotopic (exact) mass is 330 g/mol. The first kappa shape index (κ1) is 18.4. The van der Waals surface area contributed by atoms with E-state index in [4.69, 9.17) is 18.9 Å². The maximum atomic E-state index is 5.41. The van der Waals surface area contributed by atoms with Crippen molar-refractivity contribution in [3.63, 3.8) is 0 Å². The third-order valence-corrected chi connectivity index (χ3v) is 3.71. The molecule has 0 radical (unpaired) electrons. The van der Waals surface area contributed by atoms with Gasteiger partial charge in [0, 0.05) is 26.2 Å². The molecule has 0 bridgehead atoms. The molecule has 20 heavy (non-hydrogen) atoms. The molecular weight excluding hydrogens is 307 g/mol. The number of hydrogen-bond acceptors (Lipinski definition) is 6. The van der Waals surface area contributed by atoms with Gasteiger partial charge in [-0.25, -0.2) is 0 Å². The van der Waals surface area contributed by atoms with Crippen molar-refractivity contribution in [3.8, 4) is 0 Å². The molecule has 4 aliphatic heterocycles. The Labute approximate surface area is 132 Å². The summed E-state index contributed by atoms with van der Waals surface area (Å²) in [6, 6.07) is 0. The molecule has 120 valence electrons. The lowest BCUT2D eigenvalue weighted by Crippen LogP contribution is -2.36. The van der Waals surface area contributed by atoms with Crippen LogP contribution in [0.15, 0.2) is 0 Å². The minimum absolute atomic E-state index is 0. The van der Waals surface area contributed by atoms with Crippen LogP contribution in [-0.4, -0.2) is 77.0 Å². The molecule has 4 atom stereocenters. The molecule has 0 aromatic rings. The summed E-state index contributed by atoms with van der Waals surface area (Å²) in [4.78, 5) is 0. The average Bonchev–Trinajstić information content (AvgIpc) is 3.08. The second-order valence-electron chi connectivity index (χ2n) is 4.95. The van der Waals surface area contributed by atoms with Crippen LogP contribution in [0, 0.1) is 0 Å². The summed E-state index contributed by atoms with van der Waals surface area (Å²) in [5, 5.41) is 6.43. The number of rotatable bonds is 0. The molecule has 4 rings (SSSR count). The highest BCUT2D eigenvalue weighted by Crippen LogP contribution is 2.13. The average molecular weight is 331 g/mol. The van der Waals surface area contributed by atoms with Crippen LogP contribution in [-0.2, 0) is 18.9 Å². The lowest BCUT2D eigenvalue weighted by atomic mass is 10.2. The van der Waals surface area contributed by atoms with Crippen LogP contribution in [0.3, 0.4) is 0 Å². The molecule has 0 aliphatic carbocycles. The van der Waals surface area contributed by atoms with Crippen molar-refractivity contribution >= 4 is 24.8 Å². The Kier molecular flexibility index (Phi) is 8.62. The fourth-order valence-electron chi connectivity index (χ4n) is 2.72. The summed E-state index contributed by atoms with van der Waals surface area (Å²) in [5.41, 5.74) is 0. The van der Waals surface area contributed by atoms with Crippen molar-refractivity contribution in [2.24, 2.45) is 0 Å². The topological polar surface area (TPSA) is 61.0 Å². The highest BCUT2D eigenvalue weighted by molar-refractivity contribution is 5.85. The zero-order chi connectivity index (χ0) is 12.2. The van der Waals surface area contributed by atoms with E-state index in [1.807, 2.05) is 0 Å². The van der Waals surface area contributed by atoms with E-state index in [0.29, 0.717) is 24.4 Å². The molecular formula is C12H24Cl2N2O4. The van der Waals surface area contributed by atoms with Gasteiger partial charge in [0.1, 0.15) is 0 Å². The third-order valence-electron chi connectivity index (χ3n) is 3.71. The zero-order valence-electron chi connectivity index (χ0n) is 11.4. The van der Waals surface area contributed by atoms with Crippen LogP contribution in [0.25, 0.3) is 0 Å². The molecule has 0 unspecified atom stereocenters. The quantitative estimate of drug-likeness (QED) is 0.629. The van der Waals surface area contributed by atoms with Crippen LogP contribution in [0.5, 0.6) is 0 Å². The molecule has 0 saturated carbocycles. The highest BCUT2D eigenvalue weighted by Gasteiger charge is 2.31. The highest BCUT2D eigenvalue weighted by atomic mass is 35.5. The molecule has 8 heteroatoms. The molecule has 2 N–H and O–H groups in total. The Morgan fingerprint density at radius 3 is 1.00 bits per heavy atom. The minimum atomic E-state index is 0. The second kappa shape index (κ2) is 9.38. The van der Waals surface area contributed by atoms with E-state index < -0.39 is 0 Å². The van der Waals surface area contributed by atoms with Crippen LogP contribution in [0.4, 0.5) is 0 Å². The SMILES string of the molecule is C1CO[C@@H]2CNC[C@@H]2O1.C1CO[C@@H]2CNC[C@@H]2O1.Cl.Cl. The van der Waals surface area contributed by atoms with E-state index in [9.17, 15) is 0 Å². The van der Waals surface area contributed by atoms with Crippen molar-refractivity contribution < 1.29 is 18.9 Å². The van der Waals surface area contributed by atoms with Crippen molar-refractivity contribution in [2.45, 2.75) is 24.4 Å². The number of fused-ring (bicyclic) bond motifs is 2. The van der Waals surface area contributed by atoms with Gasteiger partial charge in [0.2, 0.25) is 0 Å². The molecule has 4 aliphatic rings. The van der Waals surface area contributed by atoms with Gasteiger partial charge in [-0.2, -0.15) is 0 Å². The molecule has 6 nitrogen and oxygen atoms in total. The van der Waals surface area contributed by atoms with Crippen molar-refractivity contribution in [1.82, 2.24) is 10.6 Å². The van der Waals surface area contributed by atoms with E-state index >= 15 is 0 Å². The van der Waals surface area contributed by atoms with E-state index in [-0.39, 0.29) is 24.8 Å². The first-order valence-corrected chi connectivity index (χ1v) is 6.81. The fourth-order valence-corrected chi connectivity index (χ4v) is 2.72. The predicted octanol–water partition coefficient (Wildman–Crippen LogP) is -0.409. The third kappa shape index (κ3) is 4.68. The number of hydrogen-bond donors (Lipinski definition) is 2. The van der Waals surface area contributed by atoms with Gasteiger partial charge >= 0.3 is 0 Å². The van der Waals surface area contributed by atoms with Gasteiger partial charge in [-0.3, -0.25) is 0 Å². The maximum absolute atomic E-state index is 5.41. The first-order valence-electron chi connectivity index (χ1n) is 6.81. The smallest absolute Gasteiger partial charge is 0.0974 e. The molecule has 0 aromatic heterocycles. The van der Waals surface area contributed by atoms with Crippen molar-refractivity contribution in [1.29, 1.82) is 0 Å². The summed E-state index contributed by atoms with van der Waals surface area (Å²) in [6.45, 7) is 6.92. The second-order valence-corrected chi connectivity index (χ2v) is 4.95. The summed E-state index contributed by atoms with van der Waals surface area (Å²) >= 11 is 0. The largest absolute Gasteiger partial charge is 0.372 e. The van der Waals surface area contributed by atoms with E-state index in [1.54, 1.807) is 0 Å². The van der Waals surface area contributed by atoms with Crippen LogP contribution in [0.1, 0.15) is 0 Å². The van der Waals surface area contributed by atoms with Gasteiger partial charge in [0.25, 0.3) is 0 Å². The zero-order valence-corrected chi connectivity index (χ0v) is 13.0. The van der Waals surface area contributed by atoms with Gasteiger partial charge in [-0.15, -0.1) is 24.8 Å². The number of nitrogens with one attached hydrogen (secondary N) is 2. The lowest BCUT2D eigenvalue weighted by molar-refractivity contribution is -0.116. The Bertz CT molecular complexity index is 226. The molecule has 0 aromatic carbocycles. The summed E-state index contributed by atoms with van der Waals surface area (Å²) in [6.07, 6.45) is 1.33. The minimum Gasteiger partial charge on any atom is -0.372 e.